The van der Waals surface area contributed by atoms with E-state index in [2.05, 4.69) is 10.3 Å². The van der Waals surface area contributed by atoms with E-state index in [1.807, 2.05) is 30.0 Å². The maximum Gasteiger partial charge on any atom is 0.256 e. The zero-order valence-corrected chi connectivity index (χ0v) is 16.5. The van der Waals surface area contributed by atoms with Crippen LogP contribution in [0, 0.1) is 12.7 Å². The summed E-state index contributed by atoms with van der Waals surface area (Å²) in [6.45, 7) is 3.17. The van der Waals surface area contributed by atoms with Crippen molar-refractivity contribution in [3.63, 3.8) is 0 Å². The van der Waals surface area contributed by atoms with E-state index in [0.29, 0.717) is 24.5 Å². The SMILES string of the molecule is Cc1cccc2c(Nc3cccc(Cl)c3F)ncc(C(=O)N3CC4CC(C3)O4)c12. The molecule has 4 heterocycles. The molecule has 0 radical (unpaired) electrons. The van der Waals surface area contributed by atoms with Gasteiger partial charge in [0.05, 0.1) is 28.5 Å². The molecule has 29 heavy (non-hydrogen) atoms. The fraction of sp³-hybridized carbons (Fsp3) is 0.273. The number of hydrogen-bond acceptors (Lipinski definition) is 4. The van der Waals surface area contributed by atoms with Gasteiger partial charge in [-0.25, -0.2) is 9.37 Å². The molecule has 2 aromatic carbocycles. The number of pyridine rings is 1. The highest BCUT2D eigenvalue weighted by Gasteiger charge is 2.40. The van der Waals surface area contributed by atoms with Gasteiger partial charge in [0.2, 0.25) is 0 Å². The van der Waals surface area contributed by atoms with Gasteiger partial charge in [-0.15, -0.1) is 0 Å². The molecule has 2 unspecified atom stereocenters. The third kappa shape index (κ3) is 3.12. The number of anilines is 2. The van der Waals surface area contributed by atoms with Gasteiger partial charge >= 0.3 is 0 Å². The number of halogens is 2. The van der Waals surface area contributed by atoms with Crippen LogP contribution in [0.2, 0.25) is 5.02 Å². The minimum atomic E-state index is -0.538. The molecule has 7 heteroatoms. The fourth-order valence-corrected chi connectivity index (χ4v) is 4.34. The van der Waals surface area contributed by atoms with Crippen LogP contribution >= 0.6 is 11.6 Å². The number of carbonyl (C=O) groups excluding carboxylic acids is 1. The number of ether oxygens (including phenoxy) is 1. The van der Waals surface area contributed by atoms with Gasteiger partial charge in [0.15, 0.2) is 5.82 Å². The third-order valence-corrected chi connectivity index (χ3v) is 5.89. The topological polar surface area (TPSA) is 54.5 Å². The highest BCUT2D eigenvalue weighted by atomic mass is 35.5. The van der Waals surface area contributed by atoms with E-state index in [1.54, 1.807) is 18.3 Å². The van der Waals surface area contributed by atoms with Crippen LogP contribution in [-0.2, 0) is 4.74 Å². The largest absolute Gasteiger partial charge is 0.371 e. The van der Waals surface area contributed by atoms with Crippen molar-refractivity contribution in [3.8, 4) is 0 Å². The van der Waals surface area contributed by atoms with Crippen molar-refractivity contribution in [2.75, 3.05) is 18.4 Å². The lowest BCUT2D eigenvalue weighted by Crippen LogP contribution is -2.58. The molecule has 3 fully saturated rings. The summed E-state index contributed by atoms with van der Waals surface area (Å²) in [6.07, 6.45) is 2.88. The molecule has 3 aliphatic rings. The summed E-state index contributed by atoms with van der Waals surface area (Å²) in [4.78, 5) is 19.5. The van der Waals surface area contributed by atoms with E-state index in [-0.39, 0.29) is 28.8 Å². The monoisotopic (exact) mass is 411 g/mol. The van der Waals surface area contributed by atoms with Crippen LogP contribution in [0.4, 0.5) is 15.9 Å². The van der Waals surface area contributed by atoms with Crippen molar-refractivity contribution < 1.29 is 13.9 Å². The predicted molar refractivity (Wildman–Crippen MR) is 110 cm³/mol. The number of amides is 1. The molecule has 3 aromatic rings. The van der Waals surface area contributed by atoms with Gasteiger partial charge in [-0.3, -0.25) is 4.79 Å². The van der Waals surface area contributed by atoms with Crippen molar-refractivity contribution in [2.45, 2.75) is 25.6 Å². The smallest absolute Gasteiger partial charge is 0.256 e. The van der Waals surface area contributed by atoms with E-state index in [1.165, 1.54) is 6.07 Å². The molecule has 3 saturated heterocycles. The minimum absolute atomic E-state index is 0.0353. The molecule has 2 bridgehead atoms. The number of morpholine rings is 1. The zero-order chi connectivity index (χ0) is 20.1. The Bertz CT molecular complexity index is 1120. The van der Waals surface area contributed by atoms with Gasteiger partial charge in [-0.05, 0) is 24.6 Å². The Morgan fingerprint density at radius 2 is 1.97 bits per heavy atom. The molecule has 148 valence electrons. The lowest BCUT2D eigenvalue weighted by Gasteiger charge is -2.47. The second kappa shape index (κ2) is 6.97. The highest BCUT2D eigenvalue weighted by Crippen LogP contribution is 2.34. The van der Waals surface area contributed by atoms with Crippen molar-refractivity contribution in [1.82, 2.24) is 9.88 Å². The molecule has 1 N–H and O–H groups in total. The Labute approximate surface area is 172 Å². The van der Waals surface area contributed by atoms with Crippen LogP contribution in [0.25, 0.3) is 10.8 Å². The summed E-state index contributed by atoms with van der Waals surface area (Å²) in [7, 11) is 0. The second-order valence-corrected chi connectivity index (χ2v) is 7.98. The molecular formula is C22H19ClFN3O2. The molecule has 2 atom stereocenters. The van der Waals surface area contributed by atoms with E-state index < -0.39 is 5.82 Å². The number of nitrogens with zero attached hydrogens (tertiary/aromatic N) is 2. The second-order valence-electron chi connectivity index (χ2n) is 7.57. The first kappa shape index (κ1) is 18.3. The Hall–Kier alpha value is -2.70. The summed E-state index contributed by atoms with van der Waals surface area (Å²) < 4.78 is 20.0. The highest BCUT2D eigenvalue weighted by molar-refractivity contribution is 6.31. The van der Waals surface area contributed by atoms with Gasteiger partial charge in [0.25, 0.3) is 5.91 Å². The molecular weight excluding hydrogens is 393 g/mol. The maximum absolute atomic E-state index is 14.4. The number of benzene rings is 2. The Morgan fingerprint density at radius 1 is 1.24 bits per heavy atom. The zero-order valence-electron chi connectivity index (χ0n) is 15.8. The standard InChI is InChI=1S/C22H19ClFN3O2/c1-12-4-2-5-15-19(12)16(22(28)27-10-13-8-14(11-27)29-13)9-25-21(15)26-18-7-3-6-17(23)20(18)24/h2-7,9,13-14H,8,10-11H2,1H3,(H,25,26). The lowest BCUT2D eigenvalue weighted by atomic mass is 9.96. The van der Waals surface area contributed by atoms with Crippen LogP contribution < -0.4 is 5.32 Å². The summed E-state index contributed by atoms with van der Waals surface area (Å²) in [6, 6.07) is 10.5. The first-order chi connectivity index (χ1) is 14.0. The first-order valence-electron chi connectivity index (χ1n) is 9.55. The number of hydrogen-bond donors (Lipinski definition) is 1. The first-order valence-corrected chi connectivity index (χ1v) is 9.93. The van der Waals surface area contributed by atoms with Gasteiger partial charge < -0.3 is 15.0 Å². The van der Waals surface area contributed by atoms with Crippen LogP contribution in [-0.4, -0.2) is 41.1 Å². The van der Waals surface area contributed by atoms with Gasteiger partial charge in [-0.2, -0.15) is 0 Å². The molecule has 0 saturated carbocycles. The number of piperidine rings is 1. The van der Waals surface area contributed by atoms with Crippen molar-refractivity contribution >= 4 is 39.8 Å². The predicted octanol–water partition coefficient (Wildman–Crippen LogP) is 4.69. The van der Waals surface area contributed by atoms with Crippen LogP contribution in [0.5, 0.6) is 0 Å². The van der Waals surface area contributed by atoms with E-state index >= 15 is 0 Å². The average molecular weight is 412 g/mol. The van der Waals surface area contributed by atoms with Crippen molar-refractivity contribution in [1.29, 1.82) is 0 Å². The van der Waals surface area contributed by atoms with Gasteiger partial charge in [0.1, 0.15) is 5.82 Å². The molecule has 0 spiro atoms. The van der Waals surface area contributed by atoms with Crippen LogP contribution in [0.1, 0.15) is 22.3 Å². The van der Waals surface area contributed by atoms with Crippen LogP contribution in [0.15, 0.2) is 42.6 Å². The number of carbonyl (C=O) groups is 1. The Balaban J connectivity index is 1.56. The van der Waals surface area contributed by atoms with Crippen LogP contribution in [0.3, 0.4) is 0 Å². The summed E-state index contributed by atoms with van der Waals surface area (Å²) in [5.41, 5.74) is 1.75. The van der Waals surface area contributed by atoms with Crippen molar-refractivity contribution in [2.24, 2.45) is 0 Å². The van der Waals surface area contributed by atoms with Gasteiger partial charge in [0, 0.05) is 36.5 Å². The summed E-state index contributed by atoms with van der Waals surface area (Å²) >= 11 is 5.90. The lowest BCUT2D eigenvalue weighted by molar-refractivity contribution is -0.171. The van der Waals surface area contributed by atoms with Crippen molar-refractivity contribution in [3.05, 3.63) is 64.6 Å². The number of nitrogens with one attached hydrogen (secondary N) is 1. The normalized spacial score (nSPS) is 20.4. The van der Waals surface area contributed by atoms with Gasteiger partial charge in [-0.1, -0.05) is 35.9 Å². The molecule has 0 aliphatic carbocycles. The molecule has 6 rings (SSSR count). The third-order valence-electron chi connectivity index (χ3n) is 5.60. The Morgan fingerprint density at radius 3 is 2.72 bits per heavy atom. The Kier molecular flexibility index (Phi) is 4.41. The number of rotatable bonds is 3. The molecule has 3 aliphatic heterocycles. The summed E-state index contributed by atoms with van der Waals surface area (Å²) in [5, 5.41) is 4.64. The molecule has 1 amide bonds. The van der Waals surface area contributed by atoms with E-state index in [4.69, 9.17) is 16.3 Å². The molecule has 5 nitrogen and oxygen atoms in total. The van der Waals surface area contributed by atoms with E-state index in [0.717, 1.165) is 22.8 Å². The van der Waals surface area contributed by atoms with E-state index in [9.17, 15) is 9.18 Å². The summed E-state index contributed by atoms with van der Waals surface area (Å²) in [5.74, 6) is -0.106. The maximum atomic E-state index is 14.4. The number of fused-ring (bicyclic) bond motifs is 3. The fourth-order valence-electron chi connectivity index (χ4n) is 4.17. The molecule has 1 aromatic heterocycles. The number of aromatic nitrogens is 1. The quantitative estimate of drug-likeness (QED) is 0.679. The number of aryl methyl sites for hydroxylation is 1. The minimum Gasteiger partial charge on any atom is -0.371 e. The average Bonchev–Trinajstić information content (AvgIpc) is 2.71.